The summed E-state index contributed by atoms with van der Waals surface area (Å²) in [5.41, 5.74) is 3.13. The van der Waals surface area contributed by atoms with Gasteiger partial charge in [-0.25, -0.2) is 0 Å². The third-order valence-electron chi connectivity index (χ3n) is 3.20. The van der Waals surface area contributed by atoms with Crippen LogP contribution in [0.25, 0.3) is 0 Å². The van der Waals surface area contributed by atoms with Gasteiger partial charge in [-0.2, -0.15) is 0 Å². The average molecular weight is 257 g/mol. The standard InChI is InChI=1S/C16H19NO2/c1-11-3-8-16(19)15(9-11)12(2)17-10-13-4-6-14(18)7-5-13/h3-9,12,17-19H,10H2,1-2H3. The Kier molecular flexibility index (Phi) is 4.07. The summed E-state index contributed by atoms with van der Waals surface area (Å²) in [6.45, 7) is 4.72. The van der Waals surface area contributed by atoms with Crippen molar-refractivity contribution in [3.63, 3.8) is 0 Å². The topological polar surface area (TPSA) is 52.5 Å². The van der Waals surface area contributed by atoms with Crippen LogP contribution in [0.4, 0.5) is 0 Å². The molecule has 1 unspecified atom stereocenters. The van der Waals surface area contributed by atoms with Gasteiger partial charge in [-0.05, 0) is 37.6 Å². The van der Waals surface area contributed by atoms with Crippen molar-refractivity contribution in [3.8, 4) is 11.5 Å². The normalized spacial score (nSPS) is 12.3. The van der Waals surface area contributed by atoms with Crippen LogP contribution >= 0.6 is 0 Å². The summed E-state index contributed by atoms with van der Waals surface area (Å²) in [4.78, 5) is 0. The molecule has 0 saturated heterocycles. The van der Waals surface area contributed by atoms with Crippen molar-refractivity contribution in [1.29, 1.82) is 0 Å². The van der Waals surface area contributed by atoms with Crippen LogP contribution in [0.15, 0.2) is 42.5 Å². The minimum Gasteiger partial charge on any atom is -0.508 e. The number of hydrogen-bond donors (Lipinski definition) is 3. The van der Waals surface area contributed by atoms with Gasteiger partial charge in [0.25, 0.3) is 0 Å². The summed E-state index contributed by atoms with van der Waals surface area (Å²) in [7, 11) is 0. The van der Waals surface area contributed by atoms with E-state index in [0.29, 0.717) is 12.3 Å². The van der Waals surface area contributed by atoms with Gasteiger partial charge in [-0.1, -0.05) is 29.8 Å². The molecule has 0 fully saturated rings. The second-order valence-corrected chi connectivity index (χ2v) is 4.83. The zero-order valence-corrected chi connectivity index (χ0v) is 11.2. The highest BCUT2D eigenvalue weighted by atomic mass is 16.3. The largest absolute Gasteiger partial charge is 0.508 e. The Hall–Kier alpha value is -2.00. The average Bonchev–Trinajstić information content (AvgIpc) is 2.40. The molecule has 2 aromatic carbocycles. The predicted octanol–water partition coefficient (Wildman–Crippen LogP) is 3.26. The molecule has 3 nitrogen and oxygen atoms in total. The summed E-state index contributed by atoms with van der Waals surface area (Å²) < 4.78 is 0. The SMILES string of the molecule is Cc1ccc(O)c(C(C)NCc2ccc(O)cc2)c1. The Morgan fingerprint density at radius 3 is 2.42 bits per heavy atom. The van der Waals surface area contributed by atoms with E-state index in [1.54, 1.807) is 18.2 Å². The molecule has 3 heteroatoms. The van der Waals surface area contributed by atoms with Crippen LogP contribution in [-0.4, -0.2) is 10.2 Å². The van der Waals surface area contributed by atoms with E-state index in [4.69, 9.17) is 0 Å². The van der Waals surface area contributed by atoms with Gasteiger partial charge in [-0.3, -0.25) is 0 Å². The fourth-order valence-corrected chi connectivity index (χ4v) is 2.02. The molecular weight excluding hydrogens is 238 g/mol. The molecule has 2 aromatic rings. The maximum Gasteiger partial charge on any atom is 0.120 e. The molecule has 100 valence electrons. The Balaban J connectivity index is 2.03. The van der Waals surface area contributed by atoms with Gasteiger partial charge < -0.3 is 15.5 Å². The molecule has 0 aliphatic rings. The number of phenolic OH excluding ortho intramolecular Hbond substituents is 2. The number of nitrogens with one attached hydrogen (secondary N) is 1. The lowest BCUT2D eigenvalue weighted by atomic mass is 10.0. The molecule has 0 radical (unpaired) electrons. The van der Waals surface area contributed by atoms with Crippen LogP contribution < -0.4 is 5.32 Å². The Bertz CT molecular complexity index is 549. The first-order chi connectivity index (χ1) is 9.06. The van der Waals surface area contributed by atoms with Crippen molar-refractivity contribution in [3.05, 3.63) is 59.2 Å². The lowest BCUT2D eigenvalue weighted by Crippen LogP contribution is -2.18. The van der Waals surface area contributed by atoms with E-state index in [0.717, 1.165) is 16.7 Å². The third kappa shape index (κ3) is 3.48. The highest BCUT2D eigenvalue weighted by molar-refractivity contribution is 5.37. The summed E-state index contributed by atoms with van der Waals surface area (Å²) in [6.07, 6.45) is 0. The summed E-state index contributed by atoms with van der Waals surface area (Å²) >= 11 is 0. The Morgan fingerprint density at radius 1 is 1.05 bits per heavy atom. The number of aryl methyl sites for hydroxylation is 1. The van der Waals surface area contributed by atoms with Crippen molar-refractivity contribution in [2.24, 2.45) is 0 Å². The van der Waals surface area contributed by atoms with Gasteiger partial charge in [0.1, 0.15) is 11.5 Å². The van der Waals surface area contributed by atoms with Gasteiger partial charge in [0.2, 0.25) is 0 Å². The number of rotatable bonds is 4. The maximum absolute atomic E-state index is 9.87. The van der Waals surface area contributed by atoms with E-state index in [9.17, 15) is 10.2 Å². The molecule has 3 N–H and O–H groups in total. The number of benzene rings is 2. The molecule has 19 heavy (non-hydrogen) atoms. The van der Waals surface area contributed by atoms with E-state index < -0.39 is 0 Å². The number of hydrogen-bond acceptors (Lipinski definition) is 3. The Labute approximate surface area is 113 Å². The van der Waals surface area contributed by atoms with Gasteiger partial charge in [0.05, 0.1) is 0 Å². The predicted molar refractivity (Wildman–Crippen MR) is 76.2 cm³/mol. The molecule has 0 bridgehead atoms. The zero-order valence-electron chi connectivity index (χ0n) is 11.2. The van der Waals surface area contributed by atoms with Gasteiger partial charge in [0.15, 0.2) is 0 Å². The Morgan fingerprint density at radius 2 is 1.74 bits per heavy atom. The molecule has 0 saturated carbocycles. The second kappa shape index (κ2) is 5.76. The van der Waals surface area contributed by atoms with Crippen LogP contribution in [-0.2, 0) is 6.54 Å². The van der Waals surface area contributed by atoms with Crippen molar-refractivity contribution in [2.45, 2.75) is 26.4 Å². The quantitative estimate of drug-likeness (QED) is 0.788. The summed E-state index contributed by atoms with van der Waals surface area (Å²) in [5, 5.41) is 22.5. The first kappa shape index (κ1) is 13.4. The van der Waals surface area contributed by atoms with Crippen LogP contribution in [0, 0.1) is 6.92 Å². The van der Waals surface area contributed by atoms with Gasteiger partial charge >= 0.3 is 0 Å². The van der Waals surface area contributed by atoms with Crippen molar-refractivity contribution in [2.75, 3.05) is 0 Å². The molecule has 0 heterocycles. The minimum atomic E-state index is 0.0636. The molecular formula is C16H19NO2. The molecule has 2 rings (SSSR count). The monoisotopic (exact) mass is 257 g/mol. The lowest BCUT2D eigenvalue weighted by molar-refractivity contribution is 0.452. The molecule has 1 atom stereocenters. The van der Waals surface area contributed by atoms with Crippen LogP contribution in [0.5, 0.6) is 11.5 Å². The summed E-state index contributed by atoms with van der Waals surface area (Å²) in [5.74, 6) is 0.587. The third-order valence-corrected chi connectivity index (χ3v) is 3.20. The minimum absolute atomic E-state index is 0.0636. The van der Waals surface area contributed by atoms with Crippen LogP contribution in [0.1, 0.15) is 29.7 Å². The van der Waals surface area contributed by atoms with Crippen LogP contribution in [0.2, 0.25) is 0 Å². The first-order valence-corrected chi connectivity index (χ1v) is 6.37. The molecule has 0 aliphatic carbocycles. The molecule has 0 amide bonds. The van der Waals surface area contributed by atoms with Crippen molar-refractivity contribution in [1.82, 2.24) is 5.32 Å². The number of aromatic hydroxyl groups is 2. The van der Waals surface area contributed by atoms with Gasteiger partial charge in [-0.15, -0.1) is 0 Å². The van der Waals surface area contributed by atoms with Crippen molar-refractivity contribution >= 4 is 0 Å². The second-order valence-electron chi connectivity index (χ2n) is 4.83. The fraction of sp³-hybridized carbons (Fsp3) is 0.250. The first-order valence-electron chi connectivity index (χ1n) is 6.37. The lowest BCUT2D eigenvalue weighted by Gasteiger charge is -2.16. The van der Waals surface area contributed by atoms with E-state index in [1.807, 2.05) is 38.1 Å². The molecule has 0 aromatic heterocycles. The van der Waals surface area contributed by atoms with Crippen molar-refractivity contribution < 1.29 is 10.2 Å². The van der Waals surface area contributed by atoms with E-state index in [1.165, 1.54) is 0 Å². The van der Waals surface area contributed by atoms with E-state index in [-0.39, 0.29) is 11.8 Å². The van der Waals surface area contributed by atoms with E-state index in [2.05, 4.69) is 5.32 Å². The maximum atomic E-state index is 9.87. The summed E-state index contributed by atoms with van der Waals surface area (Å²) in [6, 6.07) is 12.8. The molecule has 0 spiro atoms. The number of phenols is 2. The zero-order chi connectivity index (χ0) is 13.8. The highest BCUT2D eigenvalue weighted by Crippen LogP contribution is 2.25. The van der Waals surface area contributed by atoms with Gasteiger partial charge in [0, 0.05) is 18.2 Å². The highest BCUT2D eigenvalue weighted by Gasteiger charge is 2.09. The van der Waals surface area contributed by atoms with E-state index >= 15 is 0 Å². The smallest absolute Gasteiger partial charge is 0.120 e. The molecule has 0 aliphatic heterocycles. The fourth-order valence-electron chi connectivity index (χ4n) is 2.02. The van der Waals surface area contributed by atoms with Crippen LogP contribution in [0.3, 0.4) is 0 Å².